The molecule has 0 saturated carbocycles. The van der Waals surface area contributed by atoms with Crippen LogP contribution in [0.1, 0.15) is 19.7 Å². The Labute approximate surface area is 156 Å². The van der Waals surface area contributed by atoms with Gasteiger partial charge in [0.1, 0.15) is 11.6 Å². The van der Waals surface area contributed by atoms with E-state index in [0.29, 0.717) is 5.82 Å². The number of fused-ring (bicyclic) bond motifs is 1. The SMILES string of the molecule is CCN(CC)Cc1nc(-c2ccc3[nH]nc(-c4ccc(F)cc4)c3c2)n[nH]1. The number of benzene rings is 2. The van der Waals surface area contributed by atoms with Crippen LogP contribution in [0, 0.1) is 5.82 Å². The van der Waals surface area contributed by atoms with E-state index >= 15 is 0 Å². The second-order valence-corrected chi connectivity index (χ2v) is 6.41. The average molecular weight is 364 g/mol. The van der Waals surface area contributed by atoms with Crippen molar-refractivity contribution in [3.05, 3.63) is 54.1 Å². The molecule has 4 aromatic rings. The summed E-state index contributed by atoms with van der Waals surface area (Å²) in [5, 5.41) is 15.8. The Morgan fingerprint density at radius 3 is 2.41 bits per heavy atom. The normalized spacial score (nSPS) is 11.6. The zero-order chi connectivity index (χ0) is 18.8. The molecule has 0 aliphatic rings. The van der Waals surface area contributed by atoms with Crippen LogP contribution in [0.15, 0.2) is 42.5 Å². The molecule has 0 aliphatic heterocycles. The van der Waals surface area contributed by atoms with Crippen molar-refractivity contribution in [2.24, 2.45) is 0 Å². The summed E-state index contributed by atoms with van der Waals surface area (Å²) in [5.74, 6) is 1.24. The summed E-state index contributed by atoms with van der Waals surface area (Å²) in [6, 6.07) is 12.3. The van der Waals surface area contributed by atoms with Gasteiger partial charge >= 0.3 is 0 Å². The van der Waals surface area contributed by atoms with Crippen molar-refractivity contribution in [3.8, 4) is 22.6 Å². The predicted octanol–water partition coefficient (Wildman–Crippen LogP) is 4.00. The molecule has 27 heavy (non-hydrogen) atoms. The fourth-order valence-electron chi connectivity index (χ4n) is 3.14. The number of aromatic amines is 2. The molecule has 2 heterocycles. The maximum atomic E-state index is 13.2. The van der Waals surface area contributed by atoms with Gasteiger partial charge in [-0.1, -0.05) is 13.8 Å². The Bertz CT molecular complexity index is 1050. The van der Waals surface area contributed by atoms with Crippen molar-refractivity contribution >= 4 is 10.9 Å². The molecule has 2 N–H and O–H groups in total. The first-order chi connectivity index (χ1) is 13.2. The third-order valence-electron chi connectivity index (χ3n) is 4.74. The molecule has 2 aromatic heterocycles. The smallest absolute Gasteiger partial charge is 0.181 e. The lowest BCUT2D eigenvalue weighted by Gasteiger charge is -2.15. The number of rotatable bonds is 6. The summed E-state index contributed by atoms with van der Waals surface area (Å²) in [5.41, 5.74) is 3.47. The number of halogens is 1. The topological polar surface area (TPSA) is 73.5 Å². The maximum Gasteiger partial charge on any atom is 0.181 e. The molecule has 7 heteroatoms. The van der Waals surface area contributed by atoms with E-state index in [2.05, 4.69) is 44.1 Å². The number of aromatic nitrogens is 5. The Morgan fingerprint density at radius 2 is 1.67 bits per heavy atom. The fourth-order valence-corrected chi connectivity index (χ4v) is 3.14. The maximum absolute atomic E-state index is 13.2. The van der Waals surface area contributed by atoms with Crippen molar-refractivity contribution < 1.29 is 4.39 Å². The van der Waals surface area contributed by atoms with Crippen LogP contribution >= 0.6 is 0 Å². The van der Waals surface area contributed by atoms with Crippen LogP contribution in [-0.4, -0.2) is 43.4 Å². The fraction of sp³-hybridized carbons (Fsp3) is 0.250. The highest BCUT2D eigenvalue weighted by molar-refractivity contribution is 5.95. The first-order valence-electron chi connectivity index (χ1n) is 9.06. The molecule has 4 rings (SSSR count). The van der Waals surface area contributed by atoms with E-state index in [1.54, 1.807) is 12.1 Å². The number of nitrogens with one attached hydrogen (secondary N) is 2. The molecular formula is C20H21FN6. The first kappa shape index (κ1) is 17.4. The summed E-state index contributed by atoms with van der Waals surface area (Å²) in [6.45, 7) is 6.94. The van der Waals surface area contributed by atoms with E-state index in [0.717, 1.165) is 53.2 Å². The van der Waals surface area contributed by atoms with Crippen LogP contribution in [0.25, 0.3) is 33.5 Å². The molecule has 0 bridgehead atoms. The third kappa shape index (κ3) is 3.46. The van der Waals surface area contributed by atoms with Gasteiger partial charge in [-0.05, 0) is 55.6 Å². The average Bonchev–Trinajstić information content (AvgIpc) is 3.33. The van der Waals surface area contributed by atoms with E-state index in [4.69, 9.17) is 0 Å². The monoisotopic (exact) mass is 364 g/mol. The van der Waals surface area contributed by atoms with Crippen LogP contribution in [0.4, 0.5) is 4.39 Å². The highest BCUT2D eigenvalue weighted by Crippen LogP contribution is 2.29. The highest BCUT2D eigenvalue weighted by atomic mass is 19.1. The van der Waals surface area contributed by atoms with Crippen LogP contribution < -0.4 is 0 Å². The minimum absolute atomic E-state index is 0.263. The van der Waals surface area contributed by atoms with Crippen LogP contribution in [0.5, 0.6) is 0 Å². The Balaban J connectivity index is 1.68. The molecule has 0 atom stereocenters. The minimum Gasteiger partial charge on any atom is -0.297 e. The standard InChI is InChI=1S/C20H21FN6/c1-3-27(4-2)12-18-22-20(26-24-18)14-7-10-17-16(11-14)19(25-23-17)13-5-8-15(21)9-6-13/h5-11H,3-4,12H2,1-2H3,(H,23,25)(H,22,24,26). The Kier molecular flexibility index (Phi) is 4.68. The Hall–Kier alpha value is -3.06. The second-order valence-electron chi connectivity index (χ2n) is 6.41. The number of hydrogen-bond acceptors (Lipinski definition) is 4. The summed E-state index contributed by atoms with van der Waals surface area (Å²) in [4.78, 5) is 6.91. The van der Waals surface area contributed by atoms with Crippen LogP contribution in [0.3, 0.4) is 0 Å². The van der Waals surface area contributed by atoms with E-state index < -0.39 is 0 Å². The lowest BCUT2D eigenvalue weighted by Crippen LogP contribution is -2.22. The van der Waals surface area contributed by atoms with Gasteiger partial charge in [-0.25, -0.2) is 9.37 Å². The third-order valence-corrected chi connectivity index (χ3v) is 4.74. The van der Waals surface area contributed by atoms with E-state index in [1.807, 2.05) is 18.2 Å². The molecule has 0 amide bonds. The molecule has 0 aliphatic carbocycles. The predicted molar refractivity (Wildman–Crippen MR) is 103 cm³/mol. The van der Waals surface area contributed by atoms with Crippen LogP contribution in [0.2, 0.25) is 0 Å². The van der Waals surface area contributed by atoms with Gasteiger partial charge in [0.25, 0.3) is 0 Å². The zero-order valence-corrected chi connectivity index (χ0v) is 15.3. The lowest BCUT2D eigenvalue weighted by atomic mass is 10.1. The van der Waals surface area contributed by atoms with Gasteiger partial charge in [0, 0.05) is 16.5 Å². The van der Waals surface area contributed by atoms with Gasteiger partial charge in [-0.3, -0.25) is 15.1 Å². The lowest BCUT2D eigenvalue weighted by molar-refractivity contribution is 0.288. The van der Waals surface area contributed by atoms with Gasteiger partial charge in [0.05, 0.1) is 17.8 Å². The Morgan fingerprint density at radius 1 is 0.926 bits per heavy atom. The van der Waals surface area contributed by atoms with Gasteiger partial charge < -0.3 is 0 Å². The van der Waals surface area contributed by atoms with Gasteiger partial charge in [-0.15, -0.1) is 0 Å². The number of H-pyrrole nitrogens is 2. The van der Waals surface area contributed by atoms with E-state index in [9.17, 15) is 4.39 Å². The zero-order valence-electron chi connectivity index (χ0n) is 15.3. The molecule has 0 spiro atoms. The van der Waals surface area contributed by atoms with Crippen molar-refractivity contribution in [1.82, 2.24) is 30.3 Å². The highest BCUT2D eigenvalue weighted by Gasteiger charge is 2.13. The van der Waals surface area contributed by atoms with Crippen molar-refractivity contribution in [2.45, 2.75) is 20.4 Å². The molecule has 0 saturated heterocycles. The molecule has 0 unspecified atom stereocenters. The van der Waals surface area contributed by atoms with E-state index in [-0.39, 0.29) is 5.82 Å². The summed E-state index contributed by atoms with van der Waals surface area (Å²) in [7, 11) is 0. The summed E-state index contributed by atoms with van der Waals surface area (Å²) in [6.07, 6.45) is 0. The molecule has 138 valence electrons. The number of hydrogen-bond donors (Lipinski definition) is 2. The second kappa shape index (κ2) is 7.28. The number of nitrogens with zero attached hydrogens (tertiary/aromatic N) is 4. The molecule has 0 radical (unpaired) electrons. The summed E-state index contributed by atoms with van der Waals surface area (Å²) < 4.78 is 13.2. The van der Waals surface area contributed by atoms with Gasteiger partial charge in [-0.2, -0.15) is 10.2 Å². The molecule has 6 nitrogen and oxygen atoms in total. The van der Waals surface area contributed by atoms with Crippen molar-refractivity contribution in [3.63, 3.8) is 0 Å². The quantitative estimate of drug-likeness (QED) is 0.542. The van der Waals surface area contributed by atoms with E-state index in [1.165, 1.54) is 12.1 Å². The summed E-state index contributed by atoms with van der Waals surface area (Å²) >= 11 is 0. The molecule has 0 fully saturated rings. The van der Waals surface area contributed by atoms with Gasteiger partial charge in [0.15, 0.2) is 5.82 Å². The van der Waals surface area contributed by atoms with Crippen LogP contribution in [-0.2, 0) is 6.54 Å². The van der Waals surface area contributed by atoms with Crippen molar-refractivity contribution in [2.75, 3.05) is 13.1 Å². The van der Waals surface area contributed by atoms with Gasteiger partial charge in [0.2, 0.25) is 0 Å². The largest absolute Gasteiger partial charge is 0.297 e. The molecule has 2 aromatic carbocycles. The van der Waals surface area contributed by atoms with Crippen molar-refractivity contribution in [1.29, 1.82) is 0 Å². The molecular weight excluding hydrogens is 343 g/mol. The first-order valence-corrected chi connectivity index (χ1v) is 9.06. The minimum atomic E-state index is -0.263.